The Labute approximate surface area is 85.2 Å². The second-order valence-electron chi connectivity index (χ2n) is 4.20. The lowest BCUT2D eigenvalue weighted by molar-refractivity contribution is 0.164. The quantitative estimate of drug-likeness (QED) is 0.731. The maximum absolute atomic E-state index is 9.64. The first-order valence-electron chi connectivity index (χ1n) is 5.10. The van der Waals surface area contributed by atoms with E-state index >= 15 is 0 Å². The average Bonchev–Trinajstić information content (AvgIpc) is 2.46. The van der Waals surface area contributed by atoms with Gasteiger partial charge in [-0.3, -0.25) is 0 Å². The minimum Gasteiger partial charge on any atom is -0.391 e. The predicted molar refractivity (Wildman–Crippen MR) is 58.8 cm³/mol. The lowest BCUT2D eigenvalue weighted by Gasteiger charge is -2.24. The largest absolute Gasteiger partial charge is 0.391 e. The Hall–Kier alpha value is -1.02. The summed E-state index contributed by atoms with van der Waals surface area (Å²) >= 11 is 0. The van der Waals surface area contributed by atoms with E-state index in [-0.39, 0.29) is 12.1 Å². The molecule has 1 aliphatic heterocycles. The van der Waals surface area contributed by atoms with Gasteiger partial charge in [0.2, 0.25) is 0 Å². The molecule has 0 saturated carbocycles. The van der Waals surface area contributed by atoms with Crippen molar-refractivity contribution in [3.05, 3.63) is 29.3 Å². The number of rotatable bonds is 1. The molecule has 1 heterocycles. The van der Waals surface area contributed by atoms with E-state index in [1.54, 1.807) is 0 Å². The summed E-state index contributed by atoms with van der Waals surface area (Å²) in [5, 5.41) is 9.64. The maximum Gasteiger partial charge on any atom is 0.0718 e. The molecular formula is C12H17NO. The van der Waals surface area contributed by atoms with Crippen LogP contribution in [-0.2, 0) is 6.42 Å². The predicted octanol–water partition coefficient (Wildman–Crippen LogP) is 1.74. The summed E-state index contributed by atoms with van der Waals surface area (Å²) in [4.78, 5) is 2.19. The van der Waals surface area contributed by atoms with Crippen LogP contribution in [0.15, 0.2) is 18.2 Å². The van der Waals surface area contributed by atoms with Crippen LogP contribution < -0.4 is 4.90 Å². The third-order valence-corrected chi connectivity index (χ3v) is 3.23. The highest BCUT2D eigenvalue weighted by Gasteiger charge is 2.30. The number of aryl methyl sites for hydroxylation is 1. The number of aliphatic hydroxyl groups is 1. The number of benzene rings is 1. The highest BCUT2D eigenvalue weighted by Crippen LogP contribution is 2.33. The molecule has 0 saturated heterocycles. The fraction of sp³-hybridized carbons (Fsp3) is 0.500. The maximum atomic E-state index is 9.64. The van der Waals surface area contributed by atoms with Crippen molar-refractivity contribution in [2.24, 2.45) is 0 Å². The van der Waals surface area contributed by atoms with E-state index in [0.29, 0.717) is 0 Å². The van der Waals surface area contributed by atoms with Crippen LogP contribution in [0, 0.1) is 6.92 Å². The fourth-order valence-corrected chi connectivity index (χ4v) is 2.30. The first kappa shape index (κ1) is 9.53. The summed E-state index contributed by atoms with van der Waals surface area (Å²) in [5.41, 5.74) is 3.99. The van der Waals surface area contributed by atoms with E-state index in [9.17, 15) is 5.11 Å². The molecule has 2 unspecified atom stereocenters. The van der Waals surface area contributed by atoms with E-state index < -0.39 is 0 Å². The molecule has 1 aromatic rings. The molecule has 0 aromatic heterocycles. The van der Waals surface area contributed by atoms with Crippen molar-refractivity contribution in [1.82, 2.24) is 0 Å². The van der Waals surface area contributed by atoms with Crippen molar-refractivity contribution >= 4 is 5.69 Å². The van der Waals surface area contributed by atoms with Crippen LogP contribution in [0.25, 0.3) is 0 Å². The minimum absolute atomic E-state index is 0.242. The lowest BCUT2D eigenvalue weighted by atomic mass is 10.0. The summed E-state index contributed by atoms with van der Waals surface area (Å²) in [6.45, 7) is 4.00. The molecule has 2 rings (SSSR count). The summed E-state index contributed by atoms with van der Waals surface area (Å²) < 4.78 is 0. The van der Waals surface area contributed by atoms with Gasteiger partial charge in [0.15, 0.2) is 0 Å². The van der Waals surface area contributed by atoms with E-state index in [1.165, 1.54) is 16.8 Å². The van der Waals surface area contributed by atoms with Gasteiger partial charge in [0.05, 0.1) is 12.1 Å². The monoisotopic (exact) mass is 191 g/mol. The van der Waals surface area contributed by atoms with Gasteiger partial charge in [-0.15, -0.1) is 0 Å². The number of anilines is 1. The second kappa shape index (κ2) is 3.28. The normalized spacial score (nSPS) is 22.3. The standard InChI is InChI=1S/C12H17NO/c1-8-5-4-6-11-10(8)7-12(9(2)14)13(11)3/h4-6,9,12,14H,7H2,1-3H3. The van der Waals surface area contributed by atoms with Gasteiger partial charge in [0, 0.05) is 12.7 Å². The smallest absolute Gasteiger partial charge is 0.0718 e. The SMILES string of the molecule is Cc1cccc2c1CC(C(C)O)N2C. The molecule has 0 radical (unpaired) electrons. The van der Waals surface area contributed by atoms with Gasteiger partial charge >= 0.3 is 0 Å². The van der Waals surface area contributed by atoms with E-state index in [0.717, 1.165) is 6.42 Å². The Bertz CT molecular complexity index is 346. The number of hydrogen-bond acceptors (Lipinski definition) is 2. The van der Waals surface area contributed by atoms with Crippen LogP contribution in [0.3, 0.4) is 0 Å². The minimum atomic E-state index is -0.271. The highest BCUT2D eigenvalue weighted by atomic mass is 16.3. The van der Waals surface area contributed by atoms with Crippen LogP contribution >= 0.6 is 0 Å². The van der Waals surface area contributed by atoms with E-state index in [2.05, 4.69) is 37.1 Å². The first-order chi connectivity index (χ1) is 6.61. The average molecular weight is 191 g/mol. The molecule has 2 atom stereocenters. The Balaban J connectivity index is 2.40. The van der Waals surface area contributed by atoms with Crippen molar-refractivity contribution in [2.75, 3.05) is 11.9 Å². The van der Waals surface area contributed by atoms with Crippen LogP contribution in [0.2, 0.25) is 0 Å². The first-order valence-corrected chi connectivity index (χ1v) is 5.10. The molecule has 76 valence electrons. The summed E-state index contributed by atoms with van der Waals surface area (Å²) in [6, 6.07) is 6.59. The van der Waals surface area contributed by atoms with E-state index in [4.69, 9.17) is 0 Å². The number of hydrogen-bond donors (Lipinski definition) is 1. The summed E-state index contributed by atoms with van der Waals surface area (Å²) in [7, 11) is 2.06. The van der Waals surface area contributed by atoms with Crippen LogP contribution in [0.4, 0.5) is 5.69 Å². The Kier molecular flexibility index (Phi) is 2.23. The number of likely N-dealkylation sites (N-methyl/N-ethyl adjacent to an activating group) is 1. The molecule has 0 spiro atoms. The van der Waals surface area contributed by atoms with E-state index in [1.807, 2.05) is 6.92 Å². The van der Waals surface area contributed by atoms with Crippen molar-refractivity contribution in [1.29, 1.82) is 0 Å². The Morgan fingerprint density at radius 2 is 2.21 bits per heavy atom. The molecule has 1 aliphatic rings. The molecule has 0 aliphatic carbocycles. The zero-order valence-electron chi connectivity index (χ0n) is 8.99. The van der Waals surface area contributed by atoms with Gasteiger partial charge in [-0.25, -0.2) is 0 Å². The number of aliphatic hydroxyl groups excluding tert-OH is 1. The van der Waals surface area contributed by atoms with Gasteiger partial charge in [0.1, 0.15) is 0 Å². The zero-order valence-corrected chi connectivity index (χ0v) is 8.99. The van der Waals surface area contributed by atoms with Crippen molar-refractivity contribution in [3.8, 4) is 0 Å². The van der Waals surface area contributed by atoms with Crippen molar-refractivity contribution in [2.45, 2.75) is 32.4 Å². The molecule has 2 nitrogen and oxygen atoms in total. The lowest BCUT2D eigenvalue weighted by Crippen LogP contribution is -2.37. The molecule has 0 bridgehead atoms. The van der Waals surface area contributed by atoms with Crippen molar-refractivity contribution < 1.29 is 5.11 Å². The Morgan fingerprint density at radius 1 is 1.50 bits per heavy atom. The second-order valence-corrected chi connectivity index (χ2v) is 4.20. The fourth-order valence-electron chi connectivity index (χ4n) is 2.30. The summed E-state index contributed by atoms with van der Waals surface area (Å²) in [6.07, 6.45) is 0.697. The molecule has 14 heavy (non-hydrogen) atoms. The molecule has 1 N–H and O–H groups in total. The zero-order chi connectivity index (χ0) is 10.3. The highest BCUT2D eigenvalue weighted by molar-refractivity contribution is 5.61. The molecule has 1 aromatic carbocycles. The summed E-state index contributed by atoms with van der Waals surface area (Å²) in [5.74, 6) is 0. The van der Waals surface area contributed by atoms with Crippen LogP contribution in [0.1, 0.15) is 18.1 Å². The number of nitrogens with zero attached hydrogens (tertiary/aromatic N) is 1. The Morgan fingerprint density at radius 3 is 2.79 bits per heavy atom. The van der Waals surface area contributed by atoms with Crippen LogP contribution in [0.5, 0.6) is 0 Å². The third-order valence-electron chi connectivity index (χ3n) is 3.23. The molecular weight excluding hydrogens is 174 g/mol. The topological polar surface area (TPSA) is 23.5 Å². The molecule has 0 fully saturated rings. The molecule has 2 heteroatoms. The van der Waals surface area contributed by atoms with Gasteiger partial charge in [0.25, 0.3) is 0 Å². The van der Waals surface area contributed by atoms with Gasteiger partial charge in [-0.05, 0) is 37.5 Å². The van der Waals surface area contributed by atoms with Crippen molar-refractivity contribution in [3.63, 3.8) is 0 Å². The molecule has 0 amide bonds. The van der Waals surface area contributed by atoms with Crippen LogP contribution in [-0.4, -0.2) is 24.3 Å². The van der Waals surface area contributed by atoms with Gasteiger partial charge in [-0.1, -0.05) is 12.1 Å². The third kappa shape index (κ3) is 1.30. The van der Waals surface area contributed by atoms with Gasteiger partial charge in [-0.2, -0.15) is 0 Å². The van der Waals surface area contributed by atoms with Gasteiger partial charge < -0.3 is 10.0 Å². The number of fused-ring (bicyclic) bond motifs is 1.